The second kappa shape index (κ2) is 4.72. The van der Waals surface area contributed by atoms with E-state index < -0.39 is 0 Å². The lowest BCUT2D eigenvalue weighted by molar-refractivity contribution is 0.232. The molecular formula is C16H25N. The maximum atomic E-state index is 3.73. The topological polar surface area (TPSA) is 12.0 Å². The predicted octanol–water partition coefficient (Wildman–Crippen LogP) is 4.68. The van der Waals surface area contributed by atoms with Crippen molar-refractivity contribution in [3.05, 3.63) is 29.3 Å². The molecule has 1 nitrogen and oxygen atoms in total. The van der Waals surface area contributed by atoms with E-state index in [1.165, 1.54) is 42.5 Å². The Hall–Kier alpha value is -0.980. The molecule has 0 unspecified atom stereocenters. The van der Waals surface area contributed by atoms with E-state index in [1.807, 2.05) is 0 Å². The van der Waals surface area contributed by atoms with E-state index in [-0.39, 0.29) is 0 Å². The van der Waals surface area contributed by atoms with E-state index in [2.05, 4.69) is 51.2 Å². The lowest BCUT2D eigenvalue weighted by Gasteiger charge is -2.35. The fourth-order valence-corrected chi connectivity index (χ4v) is 2.65. The maximum absolute atomic E-state index is 3.73. The first-order valence-electron chi connectivity index (χ1n) is 6.80. The molecule has 1 aromatic rings. The summed E-state index contributed by atoms with van der Waals surface area (Å²) in [5.74, 6) is 0. The summed E-state index contributed by atoms with van der Waals surface area (Å²) in [5.41, 5.74) is 4.59. The third-order valence-corrected chi connectivity index (χ3v) is 4.09. The van der Waals surface area contributed by atoms with Gasteiger partial charge in [-0.1, -0.05) is 26.0 Å². The van der Waals surface area contributed by atoms with E-state index in [4.69, 9.17) is 0 Å². The molecule has 0 saturated heterocycles. The highest BCUT2D eigenvalue weighted by Crippen LogP contribution is 2.36. The Morgan fingerprint density at radius 3 is 2.41 bits per heavy atom. The van der Waals surface area contributed by atoms with Crippen LogP contribution < -0.4 is 5.32 Å². The van der Waals surface area contributed by atoms with Gasteiger partial charge in [-0.2, -0.15) is 0 Å². The molecule has 0 bridgehead atoms. The summed E-state index contributed by atoms with van der Waals surface area (Å²) in [6.07, 6.45) is 5.30. The monoisotopic (exact) mass is 231 g/mol. The van der Waals surface area contributed by atoms with Gasteiger partial charge in [0.05, 0.1) is 0 Å². The zero-order chi connectivity index (χ0) is 12.5. The van der Waals surface area contributed by atoms with Gasteiger partial charge in [-0.3, -0.25) is 0 Å². The highest BCUT2D eigenvalue weighted by molar-refractivity contribution is 5.53. The quantitative estimate of drug-likeness (QED) is 0.779. The van der Waals surface area contributed by atoms with Crippen LogP contribution in [0.3, 0.4) is 0 Å². The van der Waals surface area contributed by atoms with Crippen LogP contribution in [-0.2, 0) is 0 Å². The minimum absolute atomic E-state index is 0.555. The van der Waals surface area contributed by atoms with Gasteiger partial charge in [-0.15, -0.1) is 0 Å². The fourth-order valence-electron chi connectivity index (χ4n) is 2.65. The molecule has 1 fully saturated rings. The van der Waals surface area contributed by atoms with Gasteiger partial charge in [0.25, 0.3) is 0 Å². The maximum Gasteiger partial charge on any atom is 0.0374 e. The van der Waals surface area contributed by atoms with Crippen LogP contribution in [0.4, 0.5) is 5.69 Å². The minimum atomic E-state index is 0.555. The molecule has 1 aromatic carbocycles. The van der Waals surface area contributed by atoms with Crippen molar-refractivity contribution in [1.82, 2.24) is 0 Å². The molecule has 0 aromatic heterocycles. The lowest BCUT2D eigenvalue weighted by atomic mass is 9.75. The van der Waals surface area contributed by atoms with Gasteiger partial charge >= 0.3 is 0 Å². The SMILES string of the molecule is Cc1ccc(C)c(NC2CCC(C)(C)CC2)c1. The average molecular weight is 231 g/mol. The number of rotatable bonds is 2. The molecule has 94 valence electrons. The Morgan fingerprint density at radius 2 is 1.76 bits per heavy atom. The Balaban J connectivity index is 2.00. The van der Waals surface area contributed by atoms with Crippen molar-refractivity contribution >= 4 is 5.69 Å². The molecule has 0 aliphatic heterocycles. The predicted molar refractivity (Wildman–Crippen MR) is 75.6 cm³/mol. The van der Waals surface area contributed by atoms with Crippen LogP contribution in [0.25, 0.3) is 0 Å². The van der Waals surface area contributed by atoms with Crippen LogP contribution in [0.5, 0.6) is 0 Å². The largest absolute Gasteiger partial charge is 0.382 e. The number of benzene rings is 1. The third kappa shape index (κ3) is 3.24. The minimum Gasteiger partial charge on any atom is -0.382 e. The average Bonchev–Trinajstić information content (AvgIpc) is 2.26. The molecule has 1 saturated carbocycles. The van der Waals surface area contributed by atoms with Crippen LogP contribution in [0.1, 0.15) is 50.7 Å². The van der Waals surface area contributed by atoms with Gasteiger partial charge < -0.3 is 5.32 Å². The Morgan fingerprint density at radius 1 is 1.12 bits per heavy atom. The molecule has 1 N–H and O–H groups in total. The number of hydrogen-bond acceptors (Lipinski definition) is 1. The van der Waals surface area contributed by atoms with E-state index in [9.17, 15) is 0 Å². The number of aryl methyl sites for hydroxylation is 2. The van der Waals surface area contributed by atoms with Crippen molar-refractivity contribution in [2.45, 2.75) is 59.4 Å². The smallest absolute Gasteiger partial charge is 0.0374 e. The summed E-state index contributed by atoms with van der Waals surface area (Å²) in [5, 5.41) is 3.73. The number of anilines is 1. The first-order valence-corrected chi connectivity index (χ1v) is 6.80. The van der Waals surface area contributed by atoms with E-state index >= 15 is 0 Å². The molecule has 0 radical (unpaired) electrons. The first kappa shape index (κ1) is 12.5. The van der Waals surface area contributed by atoms with E-state index in [1.54, 1.807) is 0 Å². The second-order valence-electron chi connectivity index (χ2n) is 6.40. The summed E-state index contributed by atoms with van der Waals surface area (Å²) in [6, 6.07) is 7.34. The van der Waals surface area contributed by atoms with Gasteiger partial charge in [0.2, 0.25) is 0 Å². The van der Waals surface area contributed by atoms with Crippen LogP contribution in [0.15, 0.2) is 18.2 Å². The highest BCUT2D eigenvalue weighted by atomic mass is 14.9. The van der Waals surface area contributed by atoms with Crippen molar-refractivity contribution in [1.29, 1.82) is 0 Å². The molecule has 1 heteroatoms. The third-order valence-electron chi connectivity index (χ3n) is 4.09. The zero-order valence-corrected chi connectivity index (χ0v) is 11.6. The summed E-state index contributed by atoms with van der Waals surface area (Å²) >= 11 is 0. The van der Waals surface area contributed by atoms with Crippen molar-refractivity contribution in [3.8, 4) is 0 Å². The standard InChI is InChI=1S/C16H25N/c1-12-5-6-13(2)15(11-12)17-14-7-9-16(3,4)10-8-14/h5-6,11,14,17H,7-10H2,1-4H3. The van der Waals surface area contributed by atoms with Gasteiger partial charge in [-0.25, -0.2) is 0 Å². The van der Waals surface area contributed by atoms with Gasteiger partial charge in [0, 0.05) is 11.7 Å². The molecule has 0 spiro atoms. The van der Waals surface area contributed by atoms with Gasteiger partial charge in [-0.05, 0) is 62.1 Å². The van der Waals surface area contributed by atoms with Crippen molar-refractivity contribution in [2.24, 2.45) is 5.41 Å². The normalized spacial score (nSPS) is 20.2. The van der Waals surface area contributed by atoms with Crippen molar-refractivity contribution < 1.29 is 0 Å². The molecular weight excluding hydrogens is 206 g/mol. The Labute approximate surface area is 106 Å². The molecule has 0 amide bonds. The van der Waals surface area contributed by atoms with Crippen molar-refractivity contribution in [3.63, 3.8) is 0 Å². The van der Waals surface area contributed by atoms with Crippen molar-refractivity contribution in [2.75, 3.05) is 5.32 Å². The molecule has 2 rings (SSSR count). The zero-order valence-electron chi connectivity index (χ0n) is 11.6. The van der Waals surface area contributed by atoms with Crippen LogP contribution in [-0.4, -0.2) is 6.04 Å². The second-order valence-corrected chi connectivity index (χ2v) is 6.40. The summed E-state index contributed by atoms with van der Waals surface area (Å²) in [7, 11) is 0. The fraction of sp³-hybridized carbons (Fsp3) is 0.625. The number of hydrogen-bond donors (Lipinski definition) is 1. The lowest BCUT2D eigenvalue weighted by Crippen LogP contribution is -2.30. The Bertz CT molecular complexity index is 383. The highest BCUT2D eigenvalue weighted by Gasteiger charge is 2.26. The number of nitrogens with one attached hydrogen (secondary N) is 1. The molecule has 1 aliphatic rings. The van der Waals surface area contributed by atoms with Crippen LogP contribution in [0, 0.1) is 19.3 Å². The van der Waals surface area contributed by atoms with E-state index in [0.717, 1.165) is 0 Å². The summed E-state index contributed by atoms with van der Waals surface area (Å²) < 4.78 is 0. The summed E-state index contributed by atoms with van der Waals surface area (Å²) in [4.78, 5) is 0. The summed E-state index contributed by atoms with van der Waals surface area (Å²) in [6.45, 7) is 9.13. The first-order chi connectivity index (χ1) is 7.96. The molecule has 0 atom stereocenters. The molecule has 1 aliphatic carbocycles. The van der Waals surface area contributed by atoms with Crippen LogP contribution in [0.2, 0.25) is 0 Å². The Kier molecular flexibility index (Phi) is 3.46. The van der Waals surface area contributed by atoms with Gasteiger partial charge in [0.1, 0.15) is 0 Å². The van der Waals surface area contributed by atoms with E-state index in [0.29, 0.717) is 11.5 Å². The molecule has 0 heterocycles. The molecule has 17 heavy (non-hydrogen) atoms. The van der Waals surface area contributed by atoms with Crippen LogP contribution >= 0.6 is 0 Å². The van der Waals surface area contributed by atoms with Gasteiger partial charge in [0.15, 0.2) is 0 Å².